The summed E-state index contributed by atoms with van der Waals surface area (Å²) in [5.74, 6) is 0. The number of rotatable bonds is 1. The van der Waals surface area contributed by atoms with Gasteiger partial charge in [0.05, 0.1) is 5.44 Å². The first-order valence-corrected chi connectivity index (χ1v) is 7.20. The third-order valence-corrected chi connectivity index (χ3v) is 3.15. The maximum Gasteiger partial charge on any atom is 0.129 e. The van der Waals surface area contributed by atoms with E-state index in [0.717, 1.165) is 5.44 Å². The fourth-order valence-corrected chi connectivity index (χ4v) is 2.19. The Hall–Kier alpha value is -1.69. The van der Waals surface area contributed by atoms with Gasteiger partial charge in [-0.2, -0.15) is 0 Å². The molecular weight excluding hydrogens is 285 g/mol. The molecule has 0 amide bonds. The van der Waals surface area contributed by atoms with E-state index in [2.05, 4.69) is 62.8 Å². The number of halogens is 1. The van der Waals surface area contributed by atoms with E-state index in [1.165, 1.54) is 11.1 Å². The van der Waals surface area contributed by atoms with Crippen molar-refractivity contribution in [3.05, 3.63) is 84.0 Å². The molecule has 3 rings (SSSR count). The molecule has 0 aliphatic heterocycles. The van der Waals surface area contributed by atoms with Crippen molar-refractivity contribution < 1.29 is 0 Å². The van der Waals surface area contributed by atoms with Gasteiger partial charge < -0.3 is 0 Å². The molecule has 0 fully saturated rings. The molecule has 0 N–H and O–H groups in total. The van der Waals surface area contributed by atoms with Crippen LogP contribution >= 0.6 is 20.8 Å². The fourth-order valence-electron chi connectivity index (χ4n) is 1.69. The molecule has 3 heteroatoms. The topological polar surface area (TPSA) is 12.9 Å². The second kappa shape index (κ2) is 7.79. The molecule has 1 nitrogen and oxygen atoms in total. The average molecular weight is 300 g/mol. The largest absolute Gasteiger partial charge is 0.237 e. The van der Waals surface area contributed by atoms with Gasteiger partial charge in [-0.15, -0.1) is 0 Å². The Morgan fingerprint density at radius 2 is 1.15 bits per heavy atom. The molecule has 0 saturated heterocycles. The first-order chi connectivity index (χ1) is 9.75. The minimum atomic E-state index is 0.539. The van der Waals surface area contributed by atoms with E-state index in [0.29, 0.717) is 5.15 Å². The van der Waals surface area contributed by atoms with Crippen LogP contribution < -0.4 is 5.44 Å². The van der Waals surface area contributed by atoms with Gasteiger partial charge in [-0.25, -0.2) is 4.98 Å². The Morgan fingerprint density at radius 3 is 1.50 bits per heavy atom. The second-order valence-electron chi connectivity index (χ2n) is 4.12. The standard InChI is InChI=1S/C12H10.C5H5ClNP/c1-3-7-11(8-4-1)12-9-5-2-6-10-12;6-4-2-1-3-5(8)7-4/h1-10H;1-3H,8H2. The third-order valence-electron chi connectivity index (χ3n) is 2.62. The average Bonchev–Trinajstić information content (AvgIpc) is 2.49. The predicted molar refractivity (Wildman–Crippen MR) is 90.5 cm³/mol. The van der Waals surface area contributed by atoms with Gasteiger partial charge in [0, 0.05) is 0 Å². The van der Waals surface area contributed by atoms with Crippen LogP contribution in [0.5, 0.6) is 0 Å². The Bertz CT molecular complexity index is 587. The first-order valence-electron chi connectivity index (χ1n) is 6.24. The van der Waals surface area contributed by atoms with Gasteiger partial charge >= 0.3 is 0 Å². The maximum atomic E-state index is 5.52. The highest BCUT2D eigenvalue weighted by Gasteiger charge is 1.91. The van der Waals surface area contributed by atoms with Crippen LogP contribution in [0.3, 0.4) is 0 Å². The lowest BCUT2D eigenvalue weighted by molar-refractivity contribution is 1.39. The molecule has 0 aliphatic rings. The number of aromatic nitrogens is 1. The highest BCUT2D eigenvalue weighted by Crippen LogP contribution is 2.17. The maximum absolute atomic E-state index is 5.52. The van der Waals surface area contributed by atoms with Crippen molar-refractivity contribution in [1.29, 1.82) is 0 Å². The van der Waals surface area contributed by atoms with Gasteiger partial charge in [-0.3, -0.25) is 0 Å². The molecule has 100 valence electrons. The Balaban J connectivity index is 0.000000160. The summed E-state index contributed by atoms with van der Waals surface area (Å²) in [6.07, 6.45) is 0. The van der Waals surface area contributed by atoms with E-state index in [-0.39, 0.29) is 0 Å². The van der Waals surface area contributed by atoms with Gasteiger partial charge in [0.2, 0.25) is 0 Å². The minimum Gasteiger partial charge on any atom is -0.237 e. The predicted octanol–water partition coefficient (Wildman–Crippen LogP) is 4.59. The summed E-state index contributed by atoms with van der Waals surface area (Å²) in [7, 11) is 2.47. The Kier molecular flexibility index (Phi) is 5.73. The summed E-state index contributed by atoms with van der Waals surface area (Å²) in [5, 5.41) is 0.539. The molecule has 0 saturated carbocycles. The molecule has 0 bridgehead atoms. The van der Waals surface area contributed by atoms with Crippen LogP contribution in [0.15, 0.2) is 78.9 Å². The highest BCUT2D eigenvalue weighted by atomic mass is 35.5. The number of pyridine rings is 1. The van der Waals surface area contributed by atoms with Gasteiger partial charge in [0.1, 0.15) is 5.15 Å². The summed E-state index contributed by atoms with van der Waals surface area (Å²) >= 11 is 5.52. The molecule has 1 aromatic heterocycles. The Labute approximate surface area is 126 Å². The molecule has 0 radical (unpaired) electrons. The van der Waals surface area contributed by atoms with Crippen LogP contribution in [-0.2, 0) is 0 Å². The molecular formula is C17H15ClNP. The van der Waals surface area contributed by atoms with Crippen LogP contribution in [-0.4, -0.2) is 4.98 Å². The minimum absolute atomic E-state index is 0.539. The lowest BCUT2D eigenvalue weighted by atomic mass is 10.1. The molecule has 1 atom stereocenters. The lowest BCUT2D eigenvalue weighted by Crippen LogP contribution is -1.94. The van der Waals surface area contributed by atoms with Gasteiger partial charge in [0.25, 0.3) is 0 Å². The van der Waals surface area contributed by atoms with Crippen molar-refractivity contribution in [1.82, 2.24) is 4.98 Å². The van der Waals surface area contributed by atoms with Crippen LogP contribution in [0.25, 0.3) is 11.1 Å². The molecule has 20 heavy (non-hydrogen) atoms. The van der Waals surface area contributed by atoms with Crippen molar-refractivity contribution >= 4 is 26.3 Å². The van der Waals surface area contributed by atoms with Crippen LogP contribution in [0.1, 0.15) is 0 Å². The van der Waals surface area contributed by atoms with Crippen molar-refractivity contribution in [2.75, 3.05) is 0 Å². The fraction of sp³-hybridized carbons (Fsp3) is 0. The Morgan fingerprint density at radius 1 is 0.650 bits per heavy atom. The van der Waals surface area contributed by atoms with E-state index in [9.17, 15) is 0 Å². The summed E-state index contributed by atoms with van der Waals surface area (Å²) in [5.41, 5.74) is 3.42. The van der Waals surface area contributed by atoms with Crippen molar-refractivity contribution in [2.24, 2.45) is 0 Å². The quantitative estimate of drug-likeness (QED) is 0.473. The number of benzene rings is 2. The normalized spacial score (nSPS) is 9.50. The van der Waals surface area contributed by atoms with Crippen molar-refractivity contribution in [3.63, 3.8) is 0 Å². The molecule has 1 heterocycles. The molecule has 2 aromatic carbocycles. The van der Waals surface area contributed by atoms with E-state index >= 15 is 0 Å². The summed E-state index contributed by atoms with van der Waals surface area (Å²) in [6, 6.07) is 26.3. The van der Waals surface area contributed by atoms with Crippen molar-refractivity contribution in [3.8, 4) is 11.1 Å². The number of hydrogen-bond acceptors (Lipinski definition) is 1. The first kappa shape index (κ1) is 14.7. The summed E-state index contributed by atoms with van der Waals surface area (Å²) < 4.78 is 0. The number of nitrogens with zero attached hydrogens (tertiary/aromatic N) is 1. The third kappa shape index (κ3) is 4.77. The van der Waals surface area contributed by atoms with Crippen LogP contribution in [0.4, 0.5) is 0 Å². The zero-order valence-corrected chi connectivity index (χ0v) is 12.8. The lowest BCUT2D eigenvalue weighted by Gasteiger charge is -1.98. The van der Waals surface area contributed by atoms with Gasteiger partial charge in [-0.1, -0.05) is 87.6 Å². The van der Waals surface area contributed by atoms with Gasteiger partial charge in [-0.05, 0) is 23.3 Å². The van der Waals surface area contributed by atoms with E-state index in [4.69, 9.17) is 11.6 Å². The van der Waals surface area contributed by atoms with Crippen LogP contribution in [0, 0.1) is 0 Å². The SMILES string of the molecule is Pc1cccc(Cl)n1.c1ccc(-c2ccccc2)cc1. The number of hydrogen-bond donors (Lipinski definition) is 0. The molecule has 0 aliphatic carbocycles. The van der Waals surface area contributed by atoms with Crippen molar-refractivity contribution in [2.45, 2.75) is 0 Å². The molecule has 3 aromatic rings. The highest BCUT2D eigenvalue weighted by molar-refractivity contribution is 7.26. The van der Waals surface area contributed by atoms with E-state index in [1.807, 2.05) is 24.3 Å². The summed E-state index contributed by atoms with van der Waals surface area (Å²) in [6.45, 7) is 0. The second-order valence-corrected chi connectivity index (χ2v) is 5.10. The zero-order valence-electron chi connectivity index (χ0n) is 10.9. The summed E-state index contributed by atoms with van der Waals surface area (Å²) in [4.78, 5) is 3.90. The molecule has 1 unspecified atom stereocenters. The van der Waals surface area contributed by atoms with E-state index in [1.54, 1.807) is 6.07 Å². The van der Waals surface area contributed by atoms with Gasteiger partial charge in [0.15, 0.2) is 0 Å². The smallest absolute Gasteiger partial charge is 0.129 e. The molecule has 0 spiro atoms. The zero-order chi connectivity index (χ0) is 14.2. The van der Waals surface area contributed by atoms with E-state index < -0.39 is 0 Å². The van der Waals surface area contributed by atoms with Crippen LogP contribution in [0.2, 0.25) is 5.15 Å². The monoisotopic (exact) mass is 299 g/mol.